The second-order valence-corrected chi connectivity index (χ2v) is 2.47. The van der Waals surface area contributed by atoms with Gasteiger partial charge in [0.2, 0.25) is 0 Å². The number of cyclic esters (lactones) is 1. The predicted molar refractivity (Wildman–Crippen MR) is 36.1 cm³/mol. The maximum atomic E-state index is 10.6. The van der Waals surface area contributed by atoms with Crippen LogP contribution in [0.4, 0.5) is 0 Å². The zero-order chi connectivity index (χ0) is 7.56. The Bertz CT molecular complexity index is 138. The standard InChI is InChI=1S/C6H12N2O2/c7-2-1-5-4(8)3-6(9)10-5/h4-5H,1-3,7-8H2. The number of hydrogen-bond acceptors (Lipinski definition) is 4. The molecule has 1 heterocycles. The molecule has 1 fully saturated rings. The highest BCUT2D eigenvalue weighted by Crippen LogP contribution is 2.14. The van der Waals surface area contributed by atoms with E-state index in [0.717, 1.165) is 0 Å². The van der Waals surface area contributed by atoms with Crippen LogP contribution in [0.3, 0.4) is 0 Å². The van der Waals surface area contributed by atoms with Gasteiger partial charge < -0.3 is 16.2 Å². The van der Waals surface area contributed by atoms with Crippen LogP contribution in [0.5, 0.6) is 0 Å². The van der Waals surface area contributed by atoms with Gasteiger partial charge in [0.15, 0.2) is 0 Å². The van der Waals surface area contributed by atoms with Gasteiger partial charge in [0, 0.05) is 0 Å². The van der Waals surface area contributed by atoms with E-state index in [2.05, 4.69) is 0 Å². The molecular formula is C6H12N2O2. The lowest BCUT2D eigenvalue weighted by Crippen LogP contribution is -2.31. The Hall–Kier alpha value is -0.610. The Morgan fingerprint density at radius 1 is 1.70 bits per heavy atom. The Morgan fingerprint density at radius 2 is 2.40 bits per heavy atom. The van der Waals surface area contributed by atoms with Gasteiger partial charge >= 0.3 is 5.97 Å². The minimum absolute atomic E-state index is 0.141. The molecule has 0 radical (unpaired) electrons. The summed E-state index contributed by atoms with van der Waals surface area (Å²) in [5.74, 6) is -0.203. The molecule has 1 rings (SSSR count). The summed E-state index contributed by atoms with van der Waals surface area (Å²) in [5.41, 5.74) is 10.8. The van der Waals surface area contributed by atoms with Gasteiger partial charge in [-0.3, -0.25) is 4.79 Å². The summed E-state index contributed by atoms with van der Waals surface area (Å²) in [7, 11) is 0. The van der Waals surface area contributed by atoms with Crippen LogP contribution in [0.15, 0.2) is 0 Å². The summed E-state index contributed by atoms with van der Waals surface area (Å²) in [6.45, 7) is 0.519. The number of carbonyl (C=O) groups is 1. The average molecular weight is 144 g/mol. The zero-order valence-corrected chi connectivity index (χ0v) is 5.75. The van der Waals surface area contributed by atoms with Crippen molar-refractivity contribution in [1.82, 2.24) is 0 Å². The maximum absolute atomic E-state index is 10.6. The maximum Gasteiger partial charge on any atom is 0.307 e. The van der Waals surface area contributed by atoms with Gasteiger partial charge in [-0.1, -0.05) is 0 Å². The van der Waals surface area contributed by atoms with E-state index < -0.39 is 0 Å². The number of carbonyl (C=O) groups excluding carboxylic acids is 1. The Labute approximate surface area is 59.5 Å². The van der Waals surface area contributed by atoms with Crippen molar-refractivity contribution in [2.75, 3.05) is 6.54 Å². The summed E-state index contributed by atoms with van der Waals surface area (Å²) in [5, 5.41) is 0. The molecule has 4 N–H and O–H groups in total. The summed E-state index contributed by atoms with van der Waals surface area (Å²) < 4.78 is 4.87. The van der Waals surface area contributed by atoms with Crippen molar-refractivity contribution in [2.24, 2.45) is 11.5 Å². The molecule has 10 heavy (non-hydrogen) atoms. The topological polar surface area (TPSA) is 78.3 Å². The van der Waals surface area contributed by atoms with Gasteiger partial charge in [-0.2, -0.15) is 0 Å². The summed E-state index contributed by atoms with van der Waals surface area (Å²) in [6.07, 6.45) is 0.870. The van der Waals surface area contributed by atoms with E-state index in [1.54, 1.807) is 0 Å². The van der Waals surface area contributed by atoms with Crippen molar-refractivity contribution in [1.29, 1.82) is 0 Å². The third-order valence-corrected chi connectivity index (χ3v) is 1.61. The highest BCUT2D eigenvalue weighted by atomic mass is 16.6. The molecule has 58 valence electrons. The van der Waals surface area contributed by atoms with Crippen molar-refractivity contribution in [3.63, 3.8) is 0 Å². The van der Waals surface area contributed by atoms with Crippen LogP contribution < -0.4 is 11.5 Å². The van der Waals surface area contributed by atoms with Crippen LogP contribution in [-0.2, 0) is 9.53 Å². The van der Waals surface area contributed by atoms with E-state index in [9.17, 15) is 4.79 Å². The number of nitrogens with two attached hydrogens (primary N) is 2. The van der Waals surface area contributed by atoms with Gasteiger partial charge in [-0.15, -0.1) is 0 Å². The van der Waals surface area contributed by atoms with E-state index in [-0.39, 0.29) is 18.1 Å². The van der Waals surface area contributed by atoms with Crippen LogP contribution in [-0.4, -0.2) is 24.7 Å². The van der Waals surface area contributed by atoms with Crippen LogP contribution >= 0.6 is 0 Å². The monoisotopic (exact) mass is 144 g/mol. The molecule has 0 bridgehead atoms. The molecule has 0 aliphatic carbocycles. The predicted octanol–water partition coefficient (Wildman–Crippen LogP) is -1.02. The normalized spacial score (nSPS) is 32.4. The lowest BCUT2D eigenvalue weighted by Gasteiger charge is -2.10. The van der Waals surface area contributed by atoms with E-state index in [4.69, 9.17) is 16.2 Å². The summed E-state index contributed by atoms with van der Waals surface area (Å²) >= 11 is 0. The van der Waals surface area contributed by atoms with Gasteiger partial charge in [0.05, 0.1) is 12.5 Å². The molecule has 0 spiro atoms. The average Bonchev–Trinajstić information content (AvgIpc) is 2.13. The number of ether oxygens (including phenoxy) is 1. The largest absolute Gasteiger partial charge is 0.461 e. The van der Waals surface area contributed by atoms with E-state index in [0.29, 0.717) is 19.4 Å². The fourth-order valence-corrected chi connectivity index (χ4v) is 1.07. The molecule has 1 saturated heterocycles. The molecule has 1 aliphatic rings. The molecule has 4 nitrogen and oxygen atoms in total. The zero-order valence-electron chi connectivity index (χ0n) is 5.75. The Balaban J connectivity index is 2.38. The second kappa shape index (κ2) is 2.98. The highest BCUT2D eigenvalue weighted by molar-refractivity contribution is 5.72. The first kappa shape index (κ1) is 7.50. The minimum atomic E-state index is -0.203. The van der Waals surface area contributed by atoms with Gasteiger partial charge in [-0.05, 0) is 13.0 Å². The molecule has 2 unspecified atom stereocenters. The minimum Gasteiger partial charge on any atom is -0.461 e. The molecule has 0 saturated carbocycles. The third kappa shape index (κ3) is 1.46. The van der Waals surface area contributed by atoms with Crippen LogP contribution in [0, 0.1) is 0 Å². The Morgan fingerprint density at radius 3 is 2.80 bits per heavy atom. The quantitative estimate of drug-likeness (QED) is 0.486. The van der Waals surface area contributed by atoms with Crippen molar-refractivity contribution in [2.45, 2.75) is 25.0 Å². The smallest absolute Gasteiger partial charge is 0.307 e. The van der Waals surface area contributed by atoms with Crippen LogP contribution in [0.1, 0.15) is 12.8 Å². The van der Waals surface area contributed by atoms with Crippen LogP contribution in [0.2, 0.25) is 0 Å². The number of hydrogen-bond donors (Lipinski definition) is 2. The molecule has 0 aromatic heterocycles. The van der Waals surface area contributed by atoms with Crippen molar-refractivity contribution >= 4 is 5.97 Å². The number of rotatable bonds is 2. The molecule has 0 aromatic rings. The lowest BCUT2D eigenvalue weighted by atomic mass is 10.1. The first-order valence-corrected chi connectivity index (χ1v) is 3.39. The van der Waals surface area contributed by atoms with Gasteiger partial charge in [0.25, 0.3) is 0 Å². The Kier molecular flexibility index (Phi) is 2.24. The van der Waals surface area contributed by atoms with Crippen molar-refractivity contribution in [3.8, 4) is 0 Å². The third-order valence-electron chi connectivity index (χ3n) is 1.61. The lowest BCUT2D eigenvalue weighted by molar-refractivity contribution is -0.141. The molecule has 1 aliphatic heterocycles. The van der Waals surface area contributed by atoms with E-state index in [1.807, 2.05) is 0 Å². The molecule has 2 atom stereocenters. The fourth-order valence-electron chi connectivity index (χ4n) is 1.07. The number of esters is 1. The first-order valence-electron chi connectivity index (χ1n) is 3.39. The molecule has 4 heteroatoms. The van der Waals surface area contributed by atoms with Gasteiger partial charge in [0.1, 0.15) is 6.10 Å². The molecule has 0 aromatic carbocycles. The van der Waals surface area contributed by atoms with Crippen molar-refractivity contribution in [3.05, 3.63) is 0 Å². The van der Waals surface area contributed by atoms with E-state index in [1.165, 1.54) is 0 Å². The highest BCUT2D eigenvalue weighted by Gasteiger charge is 2.30. The molecule has 0 amide bonds. The molecular weight excluding hydrogens is 132 g/mol. The summed E-state index contributed by atoms with van der Waals surface area (Å²) in [4.78, 5) is 10.6. The summed E-state index contributed by atoms with van der Waals surface area (Å²) in [6, 6.07) is -0.143. The second-order valence-electron chi connectivity index (χ2n) is 2.47. The SMILES string of the molecule is NCCC1OC(=O)CC1N. The van der Waals surface area contributed by atoms with Crippen molar-refractivity contribution < 1.29 is 9.53 Å². The fraction of sp³-hybridized carbons (Fsp3) is 0.833. The van der Waals surface area contributed by atoms with Crippen LogP contribution in [0.25, 0.3) is 0 Å². The first-order chi connectivity index (χ1) is 4.74. The van der Waals surface area contributed by atoms with E-state index >= 15 is 0 Å². The van der Waals surface area contributed by atoms with Gasteiger partial charge in [-0.25, -0.2) is 0 Å².